The van der Waals surface area contributed by atoms with Crippen molar-refractivity contribution in [3.05, 3.63) is 0 Å². The van der Waals surface area contributed by atoms with Crippen LogP contribution in [0.1, 0.15) is 19.3 Å². The van der Waals surface area contributed by atoms with Crippen molar-refractivity contribution in [1.82, 2.24) is 10.2 Å². The summed E-state index contributed by atoms with van der Waals surface area (Å²) in [4.78, 5) is 11.3. The van der Waals surface area contributed by atoms with E-state index in [-0.39, 0.29) is 5.25 Å². The minimum Gasteiger partial charge on any atom is -0.374 e. The van der Waals surface area contributed by atoms with Gasteiger partial charge in [0.1, 0.15) is 5.78 Å². The number of Topliss-reactive ketones (excluding diaryl/α,β-unsaturated/α-hetero) is 1. The van der Waals surface area contributed by atoms with Gasteiger partial charge in [-0.2, -0.15) is 0 Å². The SMILES string of the molecule is Nc1nnc(S[C@@H]2CCCC2=O)s1. The van der Waals surface area contributed by atoms with Gasteiger partial charge < -0.3 is 5.73 Å². The lowest BCUT2D eigenvalue weighted by atomic mass is 10.3. The molecule has 1 heterocycles. The van der Waals surface area contributed by atoms with Crippen LogP contribution < -0.4 is 5.73 Å². The molecule has 13 heavy (non-hydrogen) atoms. The van der Waals surface area contributed by atoms with E-state index < -0.39 is 0 Å². The molecule has 1 atom stereocenters. The number of hydrogen-bond acceptors (Lipinski definition) is 6. The van der Waals surface area contributed by atoms with Crippen LogP contribution in [0.25, 0.3) is 0 Å². The summed E-state index contributed by atoms with van der Waals surface area (Å²) in [6.45, 7) is 0. The number of rotatable bonds is 2. The molecular formula is C7H9N3OS2. The molecule has 1 fully saturated rings. The molecule has 1 aliphatic carbocycles. The van der Waals surface area contributed by atoms with Gasteiger partial charge in [0.2, 0.25) is 5.13 Å². The van der Waals surface area contributed by atoms with Crippen molar-refractivity contribution in [2.45, 2.75) is 28.9 Å². The zero-order valence-corrected chi connectivity index (χ0v) is 8.53. The normalized spacial score (nSPS) is 22.5. The molecule has 2 rings (SSSR count). The predicted octanol–water partition coefficient (Wildman–Crippen LogP) is 1.33. The fourth-order valence-corrected chi connectivity index (χ4v) is 3.30. The van der Waals surface area contributed by atoms with Gasteiger partial charge in [0.25, 0.3) is 0 Å². The molecule has 0 radical (unpaired) electrons. The smallest absolute Gasteiger partial charge is 0.203 e. The first-order valence-corrected chi connectivity index (χ1v) is 5.73. The molecule has 1 aromatic heterocycles. The molecule has 0 amide bonds. The third-order valence-corrected chi connectivity index (χ3v) is 4.07. The number of anilines is 1. The summed E-state index contributed by atoms with van der Waals surface area (Å²) in [7, 11) is 0. The van der Waals surface area contributed by atoms with Crippen LogP contribution in [0, 0.1) is 0 Å². The Morgan fingerprint density at radius 2 is 2.38 bits per heavy atom. The maximum absolute atomic E-state index is 11.3. The first-order valence-electron chi connectivity index (χ1n) is 4.04. The maximum atomic E-state index is 11.3. The first kappa shape index (κ1) is 8.96. The lowest BCUT2D eigenvalue weighted by Crippen LogP contribution is -2.07. The molecule has 1 saturated carbocycles. The minimum atomic E-state index is 0.0901. The Kier molecular flexibility index (Phi) is 2.50. The summed E-state index contributed by atoms with van der Waals surface area (Å²) < 4.78 is 0.803. The van der Waals surface area contributed by atoms with Crippen molar-refractivity contribution in [2.75, 3.05) is 5.73 Å². The molecule has 0 bridgehead atoms. The second kappa shape index (κ2) is 3.63. The van der Waals surface area contributed by atoms with Gasteiger partial charge >= 0.3 is 0 Å². The van der Waals surface area contributed by atoms with Crippen LogP contribution in [0.3, 0.4) is 0 Å². The lowest BCUT2D eigenvalue weighted by Gasteiger charge is -2.01. The molecule has 6 heteroatoms. The Hall–Kier alpha value is -0.620. The molecule has 70 valence electrons. The summed E-state index contributed by atoms with van der Waals surface area (Å²) in [6, 6.07) is 0. The van der Waals surface area contributed by atoms with Crippen molar-refractivity contribution in [2.24, 2.45) is 0 Å². The number of carbonyl (C=O) groups is 1. The quantitative estimate of drug-likeness (QED) is 0.806. The number of hydrogen-bond donors (Lipinski definition) is 1. The van der Waals surface area contributed by atoms with E-state index in [0.717, 1.165) is 17.2 Å². The van der Waals surface area contributed by atoms with Gasteiger partial charge in [0.15, 0.2) is 4.34 Å². The molecule has 0 spiro atoms. The fraction of sp³-hybridized carbons (Fsp3) is 0.571. The third-order valence-electron chi connectivity index (χ3n) is 1.91. The Balaban J connectivity index is 2.01. The van der Waals surface area contributed by atoms with E-state index in [2.05, 4.69) is 10.2 Å². The van der Waals surface area contributed by atoms with E-state index in [1.54, 1.807) is 0 Å². The number of nitrogen functional groups attached to an aromatic ring is 1. The highest BCUT2D eigenvalue weighted by molar-refractivity contribution is 8.02. The van der Waals surface area contributed by atoms with E-state index in [1.807, 2.05) is 0 Å². The van der Waals surface area contributed by atoms with Gasteiger partial charge in [0, 0.05) is 6.42 Å². The Bertz CT molecular complexity index is 325. The molecule has 4 nitrogen and oxygen atoms in total. The number of ketones is 1. The van der Waals surface area contributed by atoms with Crippen LogP contribution in [0.4, 0.5) is 5.13 Å². The van der Waals surface area contributed by atoms with E-state index >= 15 is 0 Å². The molecule has 0 saturated heterocycles. The van der Waals surface area contributed by atoms with E-state index in [9.17, 15) is 4.79 Å². The number of nitrogens with two attached hydrogens (primary N) is 1. The second-order valence-corrected chi connectivity index (χ2v) is 5.33. The average Bonchev–Trinajstić information content (AvgIpc) is 2.64. The average molecular weight is 215 g/mol. The van der Waals surface area contributed by atoms with Crippen LogP contribution in [0.2, 0.25) is 0 Å². The van der Waals surface area contributed by atoms with Crippen molar-refractivity contribution >= 4 is 34.0 Å². The second-order valence-electron chi connectivity index (χ2n) is 2.87. The van der Waals surface area contributed by atoms with Crippen LogP contribution >= 0.6 is 23.1 Å². The molecule has 1 aliphatic rings. The van der Waals surface area contributed by atoms with Crippen LogP contribution in [0.15, 0.2) is 4.34 Å². The molecule has 0 aliphatic heterocycles. The maximum Gasteiger partial charge on any atom is 0.203 e. The molecule has 2 N–H and O–H groups in total. The van der Waals surface area contributed by atoms with Gasteiger partial charge in [-0.05, 0) is 12.8 Å². The third kappa shape index (κ3) is 2.00. The van der Waals surface area contributed by atoms with E-state index in [4.69, 9.17) is 5.73 Å². The first-order chi connectivity index (χ1) is 6.25. The molecular weight excluding hydrogens is 206 g/mol. The fourth-order valence-electron chi connectivity index (χ4n) is 1.30. The number of nitrogens with zero attached hydrogens (tertiary/aromatic N) is 2. The van der Waals surface area contributed by atoms with E-state index in [0.29, 0.717) is 17.3 Å². The van der Waals surface area contributed by atoms with Crippen molar-refractivity contribution in [3.63, 3.8) is 0 Å². The van der Waals surface area contributed by atoms with Crippen LogP contribution in [-0.4, -0.2) is 21.2 Å². The predicted molar refractivity (Wildman–Crippen MR) is 52.8 cm³/mol. The highest BCUT2D eigenvalue weighted by atomic mass is 32.2. The molecule has 1 aromatic rings. The summed E-state index contributed by atoms with van der Waals surface area (Å²) >= 11 is 2.84. The summed E-state index contributed by atoms with van der Waals surface area (Å²) in [5, 5.41) is 8.12. The van der Waals surface area contributed by atoms with Crippen molar-refractivity contribution in [3.8, 4) is 0 Å². The topological polar surface area (TPSA) is 68.9 Å². The van der Waals surface area contributed by atoms with Gasteiger partial charge in [-0.15, -0.1) is 10.2 Å². The zero-order chi connectivity index (χ0) is 9.26. The van der Waals surface area contributed by atoms with Gasteiger partial charge in [-0.1, -0.05) is 23.1 Å². The largest absolute Gasteiger partial charge is 0.374 e. The van der Waals surface area contributed by atoms with Crippen molar-refractivity contribution < 1.29 is 4.79 Å². The standard InChI is InChI=1S/C7H9N3OS2/c8-6-9-10-7(13-6)12-5-3-1-2-4(5)11/h5H,1-3H2,(H2,8,9)/t5-/m1/s1. The highest BCUT2D eigenvalue weighted by Gasteiger charge is 2.26. The zero-order valence-electron chi connectivity index (χ0n) is 6.90. The van der Waals surface area contributed by atoms with Gasteiger partial charge in [-0.25, -0.2) is 0 Å². The lowest BCUT2D eigenvalue weighted by molar-refractivity contribution is -0.116. The number of aromatic nitrogens is 2. The van der Waals surface area contributed by atoms with Crippen LogP contribution in [-0.2, 0) is 4.79 Å². The number of carbonyl (C=O) groups excluding carboxylic acids is 1. The van der Waals surface area contributed by atoms with Crippen molar-refractivity contribution in [1.29, 1.82) is 0 Å². The molecule has 0 aromatic carbocycles. The Labute approximate surface area is 83.9 Å². The summed E-state index contributed by atoms with van der Waals surface area (Å²) in [6.07, 6.45) is 2.68. The van der Waals surface area contributed by atoms with Gasteiger partial charge in [-0.3, -0.25) is 4.79 Å². The Morgan fingerprint density at radius 3 is 2.92 bits per heavy atom. The summed E-state index contributed by atoms with van der Waals surface area (Å²) in [5.41, 5.74) is 5.43. The van der Waals surface area contributed by atoms with Gasteiger partial charge in [0.05, 0.1) is 5.25 Å². The highest BCUT2D eigenvalue weighted by Crippen LogP contribution is 2.34. The van der Waals surface area contributed by atoms with Crippen LogP contribution in [0.5, 0.6) is 0 Å². The summed E-state index contributed by atoms with van der Waals surface area (Å²) in [5.74, 6) is 0.332. The minimum absolute atomic E-state index is 0.0901. The number of thioether (sulfide) groups is 1. The monoisotopic (exact) mass is 215 g/mol. The Morgan fingerprint density at radius 1 is 1.54 bits per heavy atom. The van der Waals surface area contributed by atoms with E-state index in [1.165, 1.54) is 23.1 Å². The molecule has 0 unspecified atom stereocenters.